The number of nitrogens with one attached hydrogen (secondary N) is 1. The van der Waals surface area contributed by atoms with Crippen molar-refractivity contribution in [1.82, 2.24) is 9.97 Å². The molecule has 0 amide bonds. The number of hydrogen-bond donors (Lipinski definition) is 1. The van der Waals surface area contributed by atoms with Crippen molar-refractivity contribution in [2.24, 2.45) is 5.92 Å². The molecule has 3 rings (SSSR count). The molecule has 0 saturated heterocycles. The summed E-state index contributed by atoms with van der Waals surface area (Å²) >= 11 is 0. The molecule has 0 aliphatic heterocycles. The highest BCUT2D eigenvalue weighted by Gasteiger charge is 2.22. The predicted octanol–water partition coefficient (Wildman–Crippen LogP) is 3.69. The van der Waals surface area contributed by atoms with Crippen molar-refractivity contribution in [3.05, 3.63) is 90.0 Å². The quantitative estimate of drug-likeness (QED) is 0.704. The number of carbonyl (C=O) groups excluding carboxylic acids is 1. The Bertz CT molecular complexity index is 664. The Morgan fingerprint density at radius 2 is 1.45 bits per heavy atom. The lowest BCUT2D eigenvalue weighted by atomic mass is 9.88. The van der Waals surface area contributed by atoms with Crippen molar-refractivity contribution in [1.29, 1.82) is 0 Å². The molecular weight excluding hydrogens is 272 g/mol. The summed E-state index contributed by atoms with van der Waals surface area (Å²) in [5.74, 6) is -0.0120. The van der Waals surface area contributed by atoms with E-state index in [2.05, 4.69) is 34.2 Å². The van der Waals surface area contributed by atoms with Gasteiger partial charge >= 0.3 is 0 Å². The van der Waals surface area contributed by atoms with Gasteiger partial charge in [-0.1, -0.05) is 60.7 Å². The lowest BCUT2D eigenvalue weighted by molar-refractivity contribution is 0.0913. The summed E-state index contributed by atoms with van der Waals surface area (Å²) in [5.41, 5.74) is 2.86. The van der Waals surface area contributed by atoms with E-state index in [-0.39, 0.29) is 11.7 Å². The molecule has 0 unspecified atom stereocenters. The fourth-order valence-electron chi connectivity index (χ4n) is 2.66. The number of hydrogen-bond acceptors (Lipinski definition) is 2. The van der Waals surface area contributed by atoms with Gasteiger partial charge < -0.3 is 4.98 Å². The Morgan fingerprint density at radius 1 is 0.909 bits per heavy atom. The van der Waals surface area contributed by atoms with Crippen LogP contribution >= 0.6 is 0 Å². The molecule has 1 N–H and O–H groups in total. The lowest BCUT2D eigenvalue weighted by Crippen LogP contribution is -2.20. The van der Waals surface area contributed by atoms with Gasteiger partial charge in [0, 0.05) is 12.1 Å². The van der Waals surface area contributed by atoms with Crippen molar-refractivity contribution < 1.29 is 4.79 Å². The lowest BCUT2D eigenvalue weighted by Gasteiger charge is -2.15. The third-order valence-electron chi connectivity index (χ3n) is 3.77. The van der Waals surface area contributed by atoms with Crippen LogP contribution in [0.3, 0.4) is 0 Å². The number of imidazole rings is 1. The Kier molecular flexibility index (Phi) is 4.44. The van der Waals surface area contributed by atoms with E-state index < -0.39 is 0 Å². The maximum absolute atomic E-state index is 12.7. The van der Waals surface area contributed by atoms with Crippen LogP contribution in [0, 0.1) is 5.92 Å². The molecule has 3 aromatic rings. The average molecular weight is 290 g/mol. The second-order valence-corrected chi connectivity index (χ2v) is 5.40. The van der Waals surface area contributed by atoms with Crippen LogP contribution in [0.5, 0.6) is 0 Å². The van der Waals surface area contributed by atoms with Crippen molar-refractivity contribution in [3.8, 4) is 0 Å². The van der Waals surface area contributed by atoms with Crippen LogP contribution in [0.2, 0.25) is 0 Å². The van der Waals surface area contributed by atoms with Crippen molar-refractivity contribution in [3.63, 3.8) is 0 Å². The van der Waals surface area contributed by atoms with Crippen molar-refractivity contribution >= 4 is 5.78 Å². The highest BCUT2D eigenvalue weighted by Crippen LogP contribution is 2.18. The zero-order valence-corrected chi connectivity index (χ0v) is 12.3. The van der Waals surface area contributed by atoms with Crippen LogP contribution in [0.1, 0.15) is 21.6 Å². The summed E-state index contributed by atoms with van der Waals surface area (Å²) in [5, 5.41) is 0. The van der Waals surface area contributed by atoms with Crippen LogP contribution in [-0.2, 0) is 12.8 Å². The Hall–Kier alpha value is -2.68. The summed E-state index contributed by atoms with van der Waals surface area (Å²) < 4.78 is 0. The second kappa shape index (κ2) is 6.85. The molecule has 0 atom stereocenters. The second-order valence-electron chi connectivity index (χ2n) is 5.40. The minimum absolute atomic E-state index is 0.0916. The van der Waals surface area contributed by atoms with Gasteiger partial charge in [0.15, 0.2) is 5.78 Å². The standard InChI is InChI=1S/C19H18N2O/c22-19(18-13-20-14-21-18)17(11-15-7-3-1-4-8-15)12-16-9-5-2-6-10-16/h1-10,13-14,17H,11-12H2,(H,20,21). The average Bonchev–Trinajstić information content (AvgIpc) is 3.10. The third kappa shape index (κ3) is 3.50. The summed E-state index contributed by atoms with van der Waals surface area (Å²) in [6.07, 6.45) is 4.67. The number of nitrogens with zero attached hydrogens (tertiary/aromatic N) is 1. The first-order chi connectivity index (χ1) is 10.8. The van der Waals surface area contributed by atoms with E-state index in [1.807, 2.05) is 36.4 Å². The molecule has 0 fully saturated rings. The summed E-state index contributed by atoms with van der Waals surface area (Å²) in [6, 6.07) is 20.3. The van der Waals surface area contributed by atoms with E-state index in [0.717, 1.165) is 12.8 Å². The van der Waals surface area contributed by atoms with E-state index in [1.165, 1.54) is 11.1 Å². The molecule has 0 aliphatic carbocycles. The minimum Gasteiger partial charge on any atom is -0.350 e. The van der Waals surface area contributed by atoms with Crippen LogP contribution in [0.25, 0.3) is 0 Å². The van der Waals surface area contributed by atoms with Crippen molar-refractivity contribution in [2.75, 3.05) is 0 Å². The fourth-order valence-corrected chi connectivity index (χ4v) is 2.66. The minimum atomic E-state index is -0.104. The highest BCUT2D eigenvalue weighted by atomic mass is 16.1. The largest absolute Gasteiger partial charge is 0.350 e. The maximum Gasteiger partial charge on any atom is 0.186 e. The summed E-state index contributed by atoms with van der Waals surface area (Å²) in [4.78, 5) is 19.7. The van der Waals surface area contributed by atoms with Gasteiger partial charge in [0.2, 0.25) is 0 Å². The van der Waals surface area contributed by atoms with Gasteiger partial charge in [-0.3, -0.25) is 4.79 Å². The molecule has 1 aromatic heterocycles. The van der Waals surface area contributed by atoms with Gasteiger partial charge in [-0.05, 0) is 24.0 Å². The SMILES string of the molecule is O=C(c1c[nH]cn1)C(Cc1ccccc1)Cc1ccccc1. The summed E-state index contributed by atoms with van der Waals surface area (Å²) in [6.45, 7) is 0. The molecule has 0 aliphatic rings. The molecule has 22 heavy (non-hydrogen) atoms. The Morgan fingerprint density at radius 3 is 1.91 bits per heavy atom. The molecule has 0 radical (unpaired) electrons. The molecule has 3 heteroatoms. The molecule has 0 saturated carbocycles. The predicted molar refractivity (Wildman–Crippen MR) is 86.7 cm³/mol. The number of carbonyl (C=O) groups is 1. The molecule has 1 heterocycles. The summed E-state index contributed by atoms with van der Waals surface area (Å²) in [7, 11) is 0. The fraction of sp³-hybridized carbons (Fsp3) is 0.158. The van der Waals surface area contributed by atoms with E-state index >= 15 is 0 Å². The number of rotatable bonds is 6. The van der Waals surface area contributed by atoms with Crippen LogP contribution in [0.4, 0.5) is 0 Å². The van der Waals surface area contributed by atoms with Crippen LogP contribution in [0.15, 0.2) is 73.2 Å². The zero-order valence-electron chi connectivity index (χ0n) is 12.3. The van der Waals surface area contributed by atoms with E-state index in [9.17, 15) is 4.79 Å². The first-order valence-electron chi connectivity index (χ1n) is 7.44. The van der Waals surface area contributed by atoms with Crippen LogP contribution < -0.4 is 0 Å². The topological polar surface area (TPSA) is 45.8 Å². The van der Waals surface area contributed by atoms with Crippen LogP contribution in [-0.4, -0.2) is 15.8 Å². The number of aromatic amines is 1. The van der Waals surface area contributed by atoms with E-state index in [4.69, 9.17) is 0 Å². The molecular formula is C19H18N2O. The van der Waals surface area contributed by atoms with Gasteiger partial charge in [-0.15, -0.1) is 0 Å². The number of Topliss-reactive ketones (excluding diaryl/α,β-unsaturated/α-hetero) is 1. The molecule has 3 nitrogen and oxygen atoms in total. The highest BCUT2D eigenvalue weighted by molar-refractivity contribution is 5.96. The number of benzene rings is 2. The zero-order chi connectivity index (χ0) is 15.2. The maximum atomic E-state index is 12.7. The normalized spacial score (nSPS) is 10.8. The number of H-pyrrole nitrogens is 1. The smallest absolute Gasteiger partial charge is 0.186 e. The third-order valence-corrected chi connectivity index (χ3v) is 3.77. The van der Waals surface area contributed by atoms with Gasteiger partial charge in [0.1, 0.15) is 5.69 Å². The monoisotopic (exact) mass is 290 g/mol. The molecule has 0 spiro atoms. The first kappa shape index (κ1) is 14.3. The van der Waals surface area contributed by atoms with Gasteiger partial charge in [-0.2, -0.15) is 0 Å². The van der Waals surface area contributed by atoms with Crippen molar-refractivity contribution in [2.45, 2.75) is 12.8 Å². The molecule has 110 valence electrons. The van der Waals surface area contributed by atoms with Gasteiger partial charge in [-0.25, -0.2) is 4.98 Å². The van der Waals surface area contributed by atoms with E-state index in [0.29, 0.717) is 5.69 Å². The van der Waals surface area contributed by atoms with Gasteiger partial charge in [0.05, 0.1) is 6.33 Å². The number of ketones is 1. The Labute approximate surface area is 130 Å². The molecule has 0 bridgehead atoms. The van der Waals surface area contributed by atoms with E-state index in [1.54, 1.807) is 12.5 Å². The number of aromatic nitrogens is 2. The molecule has 2 aromatic carbocycles. The Balaban J connectivity index is 1.83. The first-order valence-corrected chi connectivity index (χ1v) is 7.44. The van der Waals surface area contributed by atoms with Gasteiger partial charge in [0.25, 0.3) is 0 Å².